The summed E-state index contributed by atoms with van der Waals surface area (Å²) in [5, 5.41) is 0. The first kappa shape index (κ1) is 22.3. The summed E-state index contributed by atoms with van der Waals surface area (Å²) in [6.45, 7) is 10.5. The topological polar surface area (TPSA) is 67.9 Å². The van der Waals surface area contributed by atoms with Crippen molar-refractivity contribution in [1.29, 1.82) is 0 Å². The number of amides is 1. The summed E-state index contributed by atoms with van der Waals surface area (Å²) in [4.78, 5) is 32.4. The first-order chi connectivity index (χ1) is 13.8. The third-order valence-corrected chi connectivity index (χ3v) is 6.66. The van der Waals surface area contributed by atoms with E-state index in [-0.39, 0.29) is 17.6 Å². The molecule has 3 unspecified atom stereocenters. The summed E-state index contributed by atoms with van der Waals surface area (Å²) >= 11 is 0. The number of hydrogen-bond acceptors (Lipinski definition) is 5. The van der Waals surface area contributed by atoms with Crippen LogP contribution in [0, 0.1) is 11.3 Å². The molecule has 164 valence electrons. The molecule has 0 spiro atoms. The summed E-state index contributed by atoms with van der Waals surface area (Å²) in [5.74, 6) is 0.585. The normalized spacial score (nSPS) is 29.2. The lowest BCUT2D eigenvalue weighted by Gasteiger charge is -2.35. The maximum absolute atomic E-state index is 12.7. The molecule has 1 N–H and O–H groups in total. The Hall–Kier alpha value is -1.40. The van der Waals surface area contributed by atoms with Crippen LogP contribution < -0.4 is 5.48 Å². The third kappa shape index (κ3) is 5.60. The van der Waals surface area contributed by atoms with Crippen LogP contribution in [0.15, 0.2) is 11.3 Å². The summed E-state index contributed by atoms with van der Waals surface area (Å²) in [5.41, 5.74) is 4.95. The highest BCUT2D eigenvalue weighted by Gasteiger charge is 2.44. The molecule has 0 aromatic rings. The first-order valence-corrected chi connectivity index (χ1v) is 11.4. The van der Waals surface area contributed by atoms with E-state index in [1.807, 2.05) is 0 Å². The SMILES string of the molecule is CC1C2=C(CC(C)(C)CC2=O)N(CCCCCC(=O)NOC2CCCCO2)C1C. The van der Waals surface area contributed by atoms with E-state index >= 15 is 0 Å². The van der Waals surface area contributed by atoms with Gasteiger partial charge in [-0.1, -0.05) is 27.2 Å². The van der Waals surface area contributed by atoms with Gasteiger partial charge in [-0.15, -0.1) is 0 Å². The van der Waals surface area contributed by atoms with Crippen molar-refractivity contribution in [2.75, 3.05) is 13.2 Å². The highest BCUT2D eigenvalue weighted by molar-refractivity contribution is 5.98. The summed E-state index contributed by atoms with van der Waals surface area (Å²) in [7, 11) is 0. The minimum Gasteiger partial charge on any atom is -0.371 e. The Balaban J connectivity index is 1.38. The van der Waals surface area contributed by atoms with Crippen LogP contribution in [0.5, 0.6) is 0 Å². The lowest BCUT2D eigenvalue weighted by atomic mass is 9.74. The van der Waals surface area contributed by atoms with Crippen LogP contribution in [0.1, 0.15) is 85.5 Å². The van der Waals surface area contributed by atoms with E-state index < -0.39 is 0 Å². The molecule has 6 nitrogen and oxygen atoms in total. The molecule has 6 heteroatoms. The van der Waals surface area contributed by atoms with Gasteiger partial charge in [0, 0.05) is 55.6 Å². The Morgan fingerprint density at radius 3 is 2.72 bits per heavy atom. The Labute approximate surface area is 175 Å². The van der Waals surface area contributed by atoms with Crippen LogP contribution in [0.25, 0.3) is 0 Å². The predicted octanol–water partition coefficient (Wildman–Crippen LogP) is 4.10. The smallest absolute Gasteiger partial charge is 0.243 e. The van der Waals surface area contributed by atoms with Crippen LogP contribution in [0.3, 0.4) is 0 Å². The van der Waals surface area contributed by atoms with E-state index in [0.29, 0.717) is 37.2 Å². The molecular formula is C23H38N2O4. The van der Waals surface area contributed by atoms with Gasteiger partial charge in [-0.3, -0.25) is 9.59 Å². The number of ether oxygens (including phenoxy) is 1. The standard InChI is InChI=1S/C23H38N2O4/c1-16-17(2)25(18-14-23(3,4)15-19(26)22(16)18)12-8-5-6-10-20(27)24-29-21-11-7-9-13-28-21/h16-17,21H,5-15H2,1-4H3,(H,24,27). The lowest BCUT2D eigenvalue weighted by molar-refractivity contribution is -0.200. The number of nitrogens with one attached hydrogen (secondary N) is 1. The van der Waals surface area contributed by atoms with Gasteiger partial charge in [0.1, 0.15) is 0 Å². The highest BCUT2D eigenvalue weighted by Crippen LogP contribution is 2.46. The van der Waals surface area contributed by atoms with Gasteiger partial charge in [0.2, 0.25) is 5.91 Å². The number of carbonyl (C=O) groups is 2. The molecule has 1 saturated heterocycles. The second-order valence-corrected chi connectivity index (χ2v) is 9.77. The Bertz CT molecular complexity index is 637. The lowest BCUT2D eigenvalue weighted by Crippen LogP contribution is -2.33. The quantitative estimate of drug-likeness (QED) is 0.485. The van der Waals surface area contributed by atoms with Crippen LogP contribution in [-0.4, -0.2) is 42.1 Å². The molecule has 1 aliphatic carbocycles. The zero-order chi connectivity index (χ0) is 21.0. The van der Waals surface area contributed by atoms with E-state index in [0.717, 1.165) is 57.1 Å². The van der Waals surface area contributed by atoms with E-state index in [4.69, 9.17) is 9.57 Å². The molecule has 3 aliphatic rings. The zero-order valence-electron chi connectivity index (χ0n) is 18.6. The van der Waals surface area contributed by atoms with Crippen molar-refractivity contribution in [3.8, 4) is 0 Å². The van der Waals surface area contributed by atoms with Crippen LogP contribution in [-0.2, 0) is 19.2 Å². The van der Waals surface area contributed by atoms with Gasteiger partial charge in [0.15, 0.2) is 12.1 Å². The molecule has 0 aromatic carbocycles. The van der Waals surface area contributed by atoms with Gasteiger partial charge >= 0.3 is 0 Å². The fraction of sp³-hybridized carbons (Fsp3) is 0.826. The second kappa shape index (κ2) is 9.61. The molecule has 0 aromatic heterocycles. The van der Waals surface area contributed by atoms with E-state index in [1.54, 1.807) is 0 Å². The molecule has 29 heavy (non-hydrogen) atoms. The van der Waals surface area contributed by atoms with Crippen molar-refractivity contribution in [3.63, 3.8) is 0 Å². The number of unbranched alkanes of at least 4 members (excludes halogenated alkanes) is 2. The van der Waals surface area contributed by atoms with E-state index in [9.17, 15) is 9.59 Å². The molecule has 3 atom stereocenters. The molecule has 3 rings (SSSR count). The number of allylic oxidation sites excluding steroid dienone is 1. The number of carbonyl (C=O) groups excluding carboxylic acids is 2. The molecule has 0 bridgehead atoms. The Kier molecular flexibility index (Phi) is 7.38. The molecule has 1 fully saturated rings. The van der Waals surface area contributed by atoms with Crippen molar-refractivity contribution >= 4 is 11.7 Å². The number of hydroxylamine groups is 1. The van der Waals surface area contributed by atoms with Gasteiger partial charge in [-0.25, -0.2) is 10.3 Å². The van der Waals surface area contributed by atoms with Crippen molar-refractivity contribution < 1.29 is 19.2 Å². The minimum atomic E-state index is -0.295. The van der Waals surface area contributed by atoms with Gasteiger partial charge in [-0.05, 0) is 44.4 Å². The number of rotatable bonds is 8. The van der Waals surface area contributed by atoms with Crippen molar-refractivity contribution in [1.82, 2.24) is 10.4 Å². The number of hydrogen-bond donors (Lipinski definition) is 1. The van der Waals surface area contributed by atoms with Crippen molar-refractivity contribution in [3.05, 3.63) is 11.3 Å². The monoisotopic (exact) mass is 406 g/mol. The van der Waals surface area contributed by atoms with Gasteiger partial charge in [0.25, 0.3) is 0 Å². The average Bonchev–Trinajstić information content (AvgIpc) is 2.90. The molecule has 2 aliphatic heterocycles. The van der Waals surface area contributed by atoms with E-state index in [1.165, 1.54) is 5.70 Å². The molecule has 2 heterocycles. The van der Waals surface area contributed by atoms with Crippen molar-refractivity contribution in [2.45, 2.75) is 97.8 Å². The van der Waals surface area contributed by atoms with Crippen LogP contribution >= 0.6 is 0 Å². The summed E-state index contributed by atoms with van der Waals surface area (Å²) in [6.07, 6.45) is 7.67. The van der Waals surface area contributed by atoms with Gasteiger partial charge in [-0.2, -0.15) is 0 Å². The van der Waals surface area contributed by atoms with Crippen LogP contribution in [0.2, 0.25) is 0 Å². The Morgan fingerprint density at radius 2 is 2.00 bits per heavy atom. The fourth-order valence-corrected chi connectivity index (χ4v) is 4.90. The maximum Gasteiger partial charge on any atom is 0.243 e. The zero-order valence-corrected chi connectivity index (χ0v) is 18.6. The summed E-state index contributed by atoms with van der Waals surface area (Å²) < 4.78 is 5.44. The fourth-order valence-electron chi connectivity index (χ4n) is 4.90. The molecular weight excluding hydrogens is 368 g/mol. The number of ketones is 1. The third-order valence-electron chi connectivity index (χ3n) is 6.66. The molecule has 0 saturated carbocycles. The average molecular weight is 407 g/mol. The number of Topliss-reactive ketones (excluding diaryl/α,β-unsaturated/α-hetero) is 1. The molecule has 1 amide bonds. The van der Waals surface area contributed by atoms with Crippen LogP contribution in [0.4, 0.5) is 0 Å². The maximum atomic E-state index is 12.7. The largest absolute Gasteiger partial charge is 0.371 e. The van der Waals surface area contributed by atoms with Gasteiger partial charge in [0.05, 0.1) is 0 Å². The molecule has 0 radical (unpaired) electrons. The minimum absolute atomic E-state index is 0.0537. The second-order valence-electron chi connectivity index (χ2n) is 9.77. The van der Waals surface area contributed by atoms with E-state index in [2.05, 4.69) is 38.1 Å². The number of nitrogens with zero attached hydrogens (tertiary/aromatic N) is 1. The predicted molar refractivity (Wildman–Crippen MR) is 112 cm³/mol. The van der Waals surface area contributed by atoms with Gasteiger partial charge < -0.3 is 9.64 Å². The highest BCUT2D eigenvalue weighted by atomic mass is 16.8. The first-order valence-electron chi connectivity index (χ1n) is 11.4. The Morgan fingerprint density at radius 1 is 1.21 bits per heavy atom. The van der Waals surface area contributed by atoms with Crippen molar-refractivity contribution in [2.24, 2.45) is 11.3 Å². The summed E-state index contributed by atoms with van der Waals surface area (Å²) in [6, 6.07) is 0.380.